The SMILES string of the molecule is CNC(=O)OC1CCC(C(=O)N(CC2CCC(c3ccc(OC)c(C)c3)CC2)c2cccc(-c3cnc(C4CC4)s3)c2)CC1. The summed E-state index contributed by atoms with van der Waals surface area (Å²) in [6, 6.07) is 15.1. The predicted octanol–water partition coefficient (Wildman–Crippen LogP) is 8.23. The van der Waals surface area contributed by atoms with E-state index >= 15 is 0 Å². The standard InChI is InChI=1S/C36H45N3O4S/c1-23-19-28(15-18-32(23)42-3)25-9-7-24(8-10-25)22-39(35(40)27-13-16-31(17-14-27)43-36(41)37-2)30-6-4-5-29(20-30)33-21-38-34(44-33)26-11-12-26/h4-6,15,18-21,24-27,31H,7-14,16-17,22H2,1-3H3,(H,37,41). The molecule has 3 fully saturated rings. The second kappa shape index (κ2) is 13.7. The Kier molecular flexibility index (Phi) is 9.55. The molecule has 0 aliphatic heterocycles. The molecule has 0 radical (unpaired) electrons. The van der Waals surface area contributed by atoms with Gasteiger partial charge in [0.2, 0.25) is 5.91 Å². The Bertz CT molecular complexity index is 1450. The van der Waals surface area contributed by atoms with Crippen LogP contribution in [-0.4, -0.2) is 43.8 Å². The average Bonchev–Trinajstić information content (AvgIpc) is 3.79. The number of aryl methyl sites for hydroxylation is 1. The molecule has 0 spiro atoms. The van der Waals surface area contributed by atoms with Crippen molar-refractivity contribution in [1.29, 1.82) is 0 Å². The van der Waals surface area contributed by atoms with Gasteiger partial charge in [-0.15, -0.1) is 11.3 Å². The second-order valence-corrected chi connectivity index (χ2v) is 14.0. The molecular formula is C36H45N3O4S. The Morgan fingerprint density at radius 2 is 1.70 bits per heavy atom. The lowest BCUT2D eigenvalue weighted by Crippen LogP contribution is -2.42. The Morgan fingerprint density at radius 1 is 0.955 bits per heavy atom. The van der Waals surface area contributed by atoms with Gasteiger partial charge in [0.25, 0.3) is 0 Å². The molecule has 3 saturated carbocycles. The Hall–Kier alpha value is -3.39. The van der Waals surface area contributed by atoms with Crippen LogP contribution in [0.1, 0.15) is 92.2 Å². The van der Waals surface area contributed by atoms with Crippen molar-refractivity contribution in [2.75, 3.05) is 25.6 Å². The number of hydrogen-bond acceptors (Lipinski definition) is 6. The van der Waals surface area contributed by atoms with Crippen LogP contribution in [0.15, 0.2) is 48.7 Å². The van der Waals surface area contributed by atoms with Crippen molar-refractivity contribution >= 4 is 29.0 Å². The molecule has 7 nitrogen and oxygen atoms in total. The average molecular weight is 616 g/mol. The van der Waals surface area contributed by atoms with Crippen LogP contribution in [-0.2, 0) is 9.53 Å². The molecule has 6 rings (SSSR count). The number of carbonyl (C=O) groups excluding carboxylic acids is 2. The fraction of sp³-hybridized carbons (Fsp3) is 0.528. The molecule has 0 bridgehead atoms. The van der Waals surface area contributed by atoms with Crippen LogP contribution in [0.25, 0.3) is 10.4 Å². The smallest absolute Gasteiger partial charge is 0.407 e. The summed E-state index contributed by atoms with van der Waals surface area (Å²) in [6.07, 6.45) is 11.3. The van der Waals surface area contributed by atoms with Gasteiger partial charge in [-0.1, -0.05) is 24.3 Å². The lowest BCUT2D eigenvalue weighted by molar-refractivity contribution is -0.124. The number of aromatic nitrogens is 1. The fourth-order valence-corrected chi connectivity index (χ4v) is 8.12. The number of methoxy groups -OCH3 is 1. The Labute approximate surface area is 265 Å². The lowest BCUT2D eigenvalue weighted by Gasteiger charge is -2.36. The molecule has 3 aliphatic carbocycles. The normalized spacial score (nSPS) is 23.5. The van der Waals surface area contributed by atoms with Crippen molar-refractivity contribution in [3.63, 3.8) is 0 Å². The molecule has 0 saturated heterocycles. The molecular weight excluding hydrogens is 570 g/mol. The van der Waals surface area contributed by atoms with Gasteiger partial charge in [-0.3, -0.25) is 4.79 Å². The molecule has 1 aromatic heterocycles. The van der Waals surface area contributed by atoms with Gasteiger partial charge in [0.1, 0.15) is 11.9 Å². The molecule has 44 heavy (non-hydrogen) atoms. The van der Waals surface area contributed by atoms with E-state index in [4.69, 9.17) is 14.5 Å². The molecule has 3 aliphatic rings. The number of amides is 2. The van der Waals surface area contributed by atoms with Crippen LogP contribution in [0.3, 0.4) is 0 Å². The molecule has 234 valence electrons. The third-order valence-corrected chi connectivity index (χ3v) is 11.0. The van der Waals surface area contributed by atoms with E-state index in [9.17, 15) is 9.59 Å². The van der Waals surface area contributed by atoms with Crippen LogP contribution in [0.2, 0.25) is 0 Å². The van der Waals surface area contributed by atoms with Gasteiger partial charge < -0.3 is 19.7 Å². The van der Waals surface area contributed by atoms with Gasteiger partial charge in [-0.05, 0) is 118 Å². The van der Waals surface area contributed by atoms with Gasteiger partial charge in [0, 0.05) is 37.3 Å². The lowest BCUT2D eigenvalue weighted by atomic mass is 9.78. The van der Waals surface area contributed by atoms with Crippen LogP contribution in [0.4, 0.5) is 10.5 Å². The zero-order chi connectivity index (χ0) is 30.6. The molecule has 2 amide bonds. The number of rotatable bonds is 9. The highest BCUT2D eigenvalue weighted by Crippen LogP contribution is 2.44. The number of hydrogen-bond donors (Lipinski definition) is 1. The maximum Gasteiger partial charge on any atom is 0.407 e. The van der Waals surface area contributed by atoms with Crippen molar-refractivity contribution in [3.8, 4) is 16.2 Å². The first-order valence-corrected chi connectivity index (χ1v) is 17.1. The number of nitrogens with one attached hydrogen (secondary N) is 1. The van der Waals surface area contributed by atoms with E-state index in [0.717, 1.165) is 74.9 Å². The van der Waals surface area contributed by atoms with Gasteiger partial charge >= 0.3 is 6.09 Å². The molecule has 0 unspecified atom stereocenters. The van der Waals surface area contributed by atoms with E-state index in [2.05, 4.69) is 59.6 Å². The number of ether oxygens (including phenoxy) is 2. The number of benzene rings is 2. The zero-order valence-electron chi connectivity index (χ0n) is 26.2. The monoisotopic (exact) mass is 615 g/mol. The zero-order valence-corrected chi connectivity index (χ0v) is 27.0. The first-order chi connectivity index (χ1) is 21.4. The number of thiazole rings is 1. The summed E-state index contributed by atoms with van der Waals surface area (Å²) in [4.78, 5) is 34.0. The van der Waals surface area contributed by atoms with Crippen LogP contribution >= 0.6 is 11.3 Å². The highest BCUT2D eigenvalue weighted by Gasteiger charge is 2.34. The van der Waals surface area contributed by atoms with Gasteiger partial charge in [-0.25, -0.2) is 9.78 Å². The van der Waals surface area contributed by atoms with Crippen molar-refractivity contribution in [1.82, 2.24) is 10.3 Å². The van der Waals surface area contributed by atoms with Gasteiger partial charge in [0.05, 0.1) is 17.0 Å². The summed E-state index contributed by atoms with van der Waals surface area (Å²) < 4.78 is 11.0. The first kappa shape index (κ1) is 30.6. The summed E-state index contributed by atoms with van der Waals surface area (Å²) in [5.41, 5.74) is 4.69. The minimum Gasteiger partial charge on any atom is -0.496 e. The maximum absolute atomic E-state index is 14.3. The largest absolute Gasteiger partial charge is 0.496 e. The van der Waals surface area contributed by atoms with Crippen molar-refractivity contribution < 1.29 is 19.1 Å². The van der Waals surface area contributed by atoms with E-state index < -0.39 is 6.09 Å². The number of carbonyl (C=O) groups is 2. The quantitative estimate of drug-likeness (QED) is 0.262. The number of alkyl carbamates (subject to hydrolysis) is 1. The highest BCUT2D eigenvalue weighted by molar-refractivity contribution is 7.15. The summed E-state index contributed by atoms with van der Waals surface area (Å²) in [6.45, 7) is 2.85. The Balaban J connectivity index is 1.17. The molecule has 0 atom stereocenters. The first-order valence-electron chi connectivity index (χ1n) is 16.3. The highest BCUT2D eigenvalue weighted by atomic mass is 32.1. The van der Waals surface area contributed by atoms with E-state index in [1.165, 1.54) is 33.9 Å². The predicted molar refractivity (Wildman–Crippen MR) is 176 cm³/mol. The van der Waals surface area contributed by atoms with Crippen molar-refractivity contribution in [2.45, 2.75) is 89.1 Å². The summed E-state index contributed by atoms with van der Waals surface area (Å²) in [7, 11) is 3.30. The van der Waals surface area contributed by atoms with Crippen LogP contribution in [0.5, 0.6) is 5.75 Å². The van der Waals surface area contributed by atoms with Crippen LogP contribution in [0, 0.1) is 18.8 Å². The maximum atomic E-state index is 14.3. The molecule has 1 N–H and O–H groups in total. The Morgan fingerprint density at radius 3 is 2.39 bits per heavy atom. The number of anilines is 1. The van der Waals surface area contributed by atoms with Crippen molar-refractivity contribution in [3.05, 3.63) is 64.8 Å². The second-order valence-electron chi connectivity index (χ2n) is 12.9. The minimum atomic E-state index is -0.397. The van der Waals surface area contributed by atoms with E-state index in [1.807, 2.05) is 6.20 Å². The molecule has 2 aromatic carbocycles. The molecule has 1 heterocycles. The van der Waals surface area contributed by atoms with Crippen LogP contribution < -0.4 is 15.0 Å². The van der Waals surface area contributed by atoms with E-state index in [-0.39, 0.29) is 17.9 Å². The number of nitrogens with zero attached hydrogens (tertiary/aromatic N) is 2. The van der Waals surface area contributed by atoms with Crippen molar-refractivity contribution in [2.24, 2.45) is 11.8 Å². The third kappa shape index (κ3) is 7.12. The summed E-state index contributed by atoms with van der Waals surface area (Å²) >= 11 is 1.79. The summed E-state index contributed by atoms with van der Waals surface area (Å²) in [5, 5.41) is 3.77. The minimum absolute atomic E-state index is 0.0633. The molecule has 8 heteroatoms. The van der Waals surface area contributed by atoms with Gasteiger partial charge in [-0.2, -0.15) is 0 Å². The van der Waals surface area contributed by atoms with Gasteiger partial charge in [0.15, 0.2) is 0 Å². The third-order valence-electron chi connectivity index (χ3n) is 9.84. The molecule has 3 aromatic rings. The summed E-state index contributed by atoms with van der Waals surface area (Å²) in [5.74, 6) is 2.72. The van der Waals surface area contributed by atoms with E-state index in [0.29, 0.717) is 17.8 Å². The topological polar surface area (TPSA) is 80.8 Å². The fourth-order valence-electron chi connectivity index (χ4n) is 7.04. The van der Waals surface area contributed by atoms with E-state index in [1.54, 1.807) is 25.5 Å².